The van der Waals surface area contributed by atoms with Crippen LogP contribution in [0.2, 0.25) is 0 Å². The van der Waals surface area contributed by atoms with Crippen molar-refractivity contribution in [1.82, 2.24) is 15.2 Å². The number of aromatic nitrogens is 1. The second-order valence-corrected chi connectivity index (χ2v) is 4.28. The van der Waals surface area contributed by atoms with E-state index in [2.05, 4.69) is 22.1 Å². The molecule has 0 spiro atoms. The van der Waals surface area contributed by atoms with Gasteiger partial charge in [0, 0.05) is 24.3 Å². The molecule has 0 radical (unpaired) electrons. The lowest BCUT2D eigenvalue weighted by molar-refractivity contribution is 0.0950. The van der Waals surface area contributed by atoms with Gasteiger partial charge < -0.3 is 16.0 Å². The summed E-state index contributed by atoms with van der Waals surface area (Å²) in [6, 6.07) is 3.40. The molecule has 1 aromatic heterocycles. The van der Waals surface area contributed by atoms with Gasteiger partial charge in [0.25, 0.3) is 5.91 Å². The maximum Gasteiger partial charge on any atom is 0.251 e. The molecule has 0 aliphatic carbocycles. The second kappa shape index (κ2) is 6.96. The van der Waals surface area contributed by atoms with E-state index < -0.39 is 0 Å². The first-order valence-electron chi connectivity index (χ1n) is 6.30. The highest BCUT2D eigenvalue weighted by Crippen LogP contribution is 2.08. The first-order chi connectivity index (χ1) is 8.56. The van der Waals surface area contributed by atoms with E-state index in [9.17, 15) is 4.79 Å². The van der Waals surface area contributed by atoms with Crippen LogP contribution in [-0.2, 0) is 6.42 Å². The Morgan fingerprint density at radius 1 is 1.44 bits per heavy atom. The minimum Gasteiger partial charge on any atom is -0.384 e. The molecule has 1 aromatic rings. The third-order valence-electron chi connectivity index (χ3n) is 2.84. The summed E-state index contributed by atoms with van der Waals surface area (Å²) in [4.78, 5) is 18.2. The molecule has 0 aliphatic rings. The van der Waals surface area contributed by atoms with Gasteiger partial charge in [-0.2, -0.15) is 0 Å². The van der Waals surface area contributed by atoms with Gasteiger partial charge in [-0.1, -0.05) is 13.8 Å². The number of rotatable bonds is 6. The van der Waals surface area contributed by atoms with Crippen LogP contribution in [0.3, 0.4) is 0 Å². The van der Waals surface area contributed by atoms with Gasteiger partial charge in [-0.15, -0.1) is 0 Å². The van der Waals surface area contributed by atoms with E-state index in [4.69, 9.17) is 5.73 Å². The van der Waals surface area contributed by atoms with Crippen molar-refractivity contribution in [3.63, 3.8) is 0 Å². The van der Waals surface area contributed by atoms with Crippen LogP contribution < -0.4 is 11.1 Å². The molecule has 3 N–H and O–H groups in total. The van der Waals surface area contributed by atoms with Crippen LogP contribution in [0, 0.1) is 0 Å². The summed E-state index contributed by atoms with van der Waals surface area (Å²) in [5.74, 6) is 0.300. The number of nitrogens with one attached hydrogen (secondary N) is 1. The highest BCUT2D eigenvalue weighted by Gasteiger charge is 2.08. The van der Waals surface area contributed by atoms with E-state index in [0.29, 0.717) is 17.9 Å². The standard InChI is InChI=1S/C13H22N4O/c1-4-11-8-10(9-12(14)16-11)13(18)15-6-7-17(3)5-2/h8-9H,4-7H2,1-3H3,(H2,14,16)(H,15,18). The number of likely N-dealkylation sites (N-methyl/N-ethyl adjacent to an activating group) is 1. The Kier molecular flexibility index (Phi) is 5.58. The minimum atomic E-state index is -0.0942. The lowest BCUT2D eigenvalue weighted by atomic mass is 10.2. The molecule has 100 valence electrons. The molecular weight excluding hydrogens is 228 g/mol. The van der Waals surface area contributed by atoms with Gasteiger partial charge in [-0.3, -0.25) is 4.79 Å². The zero-order valence-electron chi connectivity index (χ0n) is 11.4. The summed E-state index contributed by atoms with van der Waals surface area (Å²) < 4.78 is 0. The number of pyridine rings is 1. The van der Waals surface area contributed by atoms with Crippen molar-refractivity contribution < 1.29 is 4.79 Å². The molecule has 0 saturated heterocycles. The number of aryl methyl sites for hydroxylation is 1. The smallest absolute Gasteiger partial charge is 0.251 e. The summed E-state index contributed by atoms with van der Waals surface area (Å²) >= 11 is 0. The van der Waals surface area contributed by atoms with Gasteiger partial charge in [0.2, 0.25) is 0 Å². The Morgan fingerprint density at radius 3 is 2.78 bits per heavy atom. The SMILES string of the molecule is CCc1cc(C(=O)NCCN(C)CC)cc(N)n1. The normalized spacial score (nSPS) is 10.7. The summed E-state index contributed by atoms with van der Waals surface area (Å²) in [5, 5.41) is 2.88. The van der Waals surface area contributed by atoms with E-state index >= 15 is 0 Å². The van der Waals surface area contributed by atoms with Gasteiger partial charge in [0.15, 0.2) is 0 Å². The molecule has 0 bridgehead atoms. The molecule has 0 aliphatic heterocycles. The van der Waals surface area contributed by atoms with Crippen LogP contribution >= 0.6 is 0 Å². The molecule has 0 atom stereocenters. The molecule has 5 nitrogen and oxygen atoms in total. The zero-order valence-corrected chi connectivity index (χ0v) is 11.4. The van der Waals surface area contributed by atoms with Gasteiger partial charge in [0.05, 0.1) is 0 Å². The van der Waals surface area contributed by atoms with Gasteiger partial charge in [0.1, 0.15) is 5.82 Å². The molecule has 5 heteroatoms. The third kappa shape index (κ3) is 4.33. The number of carbonyl (C=O) groups excluding carboxylic acids is 1. The molecule has 0 aromatic carbocycles. The number of hydrogen-bond acceptors (Lipinski definition) is 4. The summed E-state index contributed by atoms with van der Waals surface area (Å²) in [5.41, 5.74) is 7.09. The third-order valence-corrected chi connectivity index (χ3v) is 2.84. The molecular formula is C13H22N4O. The predicted octanol–water partition coefficient (Wildman–Crippen LogP) is 0.908. The second-order valence-electron chi connectivity index (χ2n) is 4.28. The van der Waals surface area contributed by atoms with Crippen LogP contribution in [0.5, 0.6) is 0 Å². The van der Waals surface area contributed by atoms with Gasteiger partial charge >= 0.3 is 0 Å². The Labute approximate surface area is 108 Å². The molecule has 0 saturated carbocycles. The quantitative estimate of drug-likeness (QED) is 0.787. The van der Waals surface area contributed by atoms with Crippen molar-refractivity contribution in [3.8, 4) is 0 Å². The van der Waals surface area contributed by atoms with E-state index in [1.54, 1.807) is 12.1 Å². The van der Waals surface area contributed by atoms with Crippen LogP contribution in [0.15, 0.2) is 12.1 Å². The number of nitrogens with zero attached hydrogens (tertiary/aromatic N) is 2. The number of nitrogen functional groups attached to an aromatic ring is 1. The van der Waals surface area contributed by atoms with E-state index in [1.165, 1.54) is 0 Å². The lowest BCUT2D eigenvalue weighted by Gasteiger charge is -2.14. The topological polar surface area (TPSA) is 71.2 Å². The average molecular weight is 250 g/mol. The van der Waals surface area contributed by atoms with Crippen LogP contribution in [-0.4, -0.2) is 42.5 Å². The number of amides is 1. The monoisotopic (exact) mass is 250 g/mol. The Balaban J connectivity index is 2.58. The number of nitrogens with two attached hydrogens (primary N) is 1. The fraction of sp³-hybridized carbons (Fsp3) is 0.538. The highest BCUT2D eigenvalue weighted by molar-refractivity contribution is 5.94. The Hall–Kier alpha value is -1.62. The fourth-order valence-electron chi connectivity index (χ4n) is 1.54. The first kappa shape index (κ1) is 14.4. The Morgan fingerprint density at radius 2 is 2.17 bits per heavy atom. The Bertz CT molecular complexity index is 406. The summed E-state index contributed by atoms with van der Waals surface area (Å²) in [7, 11) is 2.02. The van der Waals surface area contributed by atoms with Crippen molar-refractivity contribution in [1.29, 1.82) is 0 Å². The molecule has 0 unspecified atom stereocenters. The van der Waals surface area contributed by atoms with Crippen LogP contribution in [0.4, 0.5) is 5.82 Å². The molecule has 1 amide bonds. The maximum absolute atomic E-state index is 11.9. The van der Waals surface area contributed by atoms with E-state index in [1.807, 2.05) is 14.0 Å². The van der Waals surface area contributed by atoms with Crippen molar-refractivity contribution in [2.45, 2.75) is 20.3 Å². The molecule has 1 heterocycles. The molecule has 18 heavy (non-hydrogen) atoms. The molecule has 0 fully saturated rings. The minimum absolute atomic E-state index is 0.0942. The van der Waals surface area contributed by atoms with Crippen LogP contribution in [0.25, 0.3) is 0 Å². The van der Waals surface area contributed by atoms with E-state index in [0.717, 1.165) is 25.2 Å². The lowest BCUT2D eigenvalue weighted by Crippen LogP contribution is -2.33. The van der Waals surface area contributed by atoms with Crippen molar-refractivity contribution in [3.05, 3.63) is 23.4 Å². The van der Waals surface area contributed by atoms with Crippen molar-refractivity contribution in [2.75, 3.05) is 32.4 Å². The maximum atomic E-state index is 11.9. The highest BCUT2D eigenvalue weighted by atomic mass is 16.1. The van der Waals surface area contributed by atoms with Gasteiger partial charge in [-0.05, 0) is 32.1 Å². The van der Waals surface area contributed by atoms with Crippen LogP contribution in [0.1, 0.15) is 29.9 Å². The largest absolute Gasteiger partial charge is 0.384 e. The summed E-state index contributed by atoms with van der Waals surface area (Å²) in [6.45, 7) is 6.51. The van der Waals surface area contributed by atoms with Gasteiger partial charge in [-0.25, -0.2) is 4.98 Å². The number of carbonyl (C=O) groups is 1. The zero-order chi connectivity index (χ0) is 13.5. The van der Waals surface area contributed by atoms with Crippen molar-refractivity contribution >= 4 is 11.7 Å². The van der Waals surface area contributed by atoms with Crippen molar-refractivity contribution in [2.24, 2.45) is 0 Å². The number of hydrogen-bond donors (Lipinski definition) is 2. The molecule has 1 rings (SSSR count). The summed E-state index contributed by atoms with van der Waals surface area (Å²) in [6.07, 6.45) is 0.768. The fourth-order valence-corrected chi connectivity index (χ4v) is 1.54. The number of anilines is 1. The first-order valence-corrected chi connectivity index (χ1v) is 6.30. The average Bonchev–Trinajstić information content (AvgIpc) is 2.37. The predicted molar refractivity (Wildman–Crippen MR) is 73.5 cm³/mol. The van der Waals surface area contributed by atoms with E-state index in [-0.39, 0.29) is 5.91 Å².